The molecule has 118 heavy (non-hydrogen) atoms. The van der Waals surface area contributed by atoms with Gasteiger partial charge in [0.25, 0.3) is 8.53 Å². The predicted octanol–water partition coefficient (Wildman–Crippen LogP) is 8.10. The van der Waals surface area contributed by atoms with Gasteiger partial charge in [-0.05, 0) is 166 Å². The molecular formula is C78H146N8O30P2. The molecule has 7 fully saturated rings. The van der Waals surface area contributed by atoms with Crippen LogP contribution in [0.3, 0.4) is 0 Å². The average Bonchev–Trinajstić information content (AvgIpc) is 1.71. The third kappa shape index (κ3) is 44.2. The molecule has 7 saturated heterocycles. The summed E-state index contributed by atoms with van der Waals surface area (Å²) in [5.74, 6) is 0. The second-order valence-corrected chi connectivity index (χ2v) is 36.0. The van der Waals surface area contributed by atoms with Crippen molar-refractivity contribution in [1.29, 1.82) is 26.3 Å². The summed E-state index contributed by atoms with van der Waals surface area (Å²) in [6, 6.07) is 10.3. The van der Waals surface area contributed by atoms with Gasteiger partial charge in [0.15, 0.2) is 8.45 Å². The molecule has 688 valence electrons. The third-order valence-corrected chi connectivity index (χ3v) is 21.4. The lowest BCUT2D eigenvalue weighted by atomic mass is 10.1. The van der Waals surface area contributed by atoms with E-state index in [1.54, 1.807) is 35.0 Å². The molecule has 16 unspecified atom stereocenters. The van der Waals surface area contributed by atoms with Gasteiger partial charge in [-0.3, -0.25) is 9.34 Å². The number of aliphatic hydroxyl groups excluding tert-OH is 4. The second-order valence-electron chi connectivity index (χ2n) is 31.7. The minimum atomic E-state index is -1.17. The van der Waals surface area contributed by atoms with Crippen molar-refractivity contribution in [3.8, 4) is 30.3 Å². The number of aliphatic hydroxyl groups is 4. The van der Waals surface area contributed by atoms with Gasteiger partial charge in [0, 0.05) is 20.8 Å². The molecule has 0 amide bonds. The Hall–Kier alpha value is -3.01. The van der Waals surface area contributed by atoms with Crippen LogP contribution in [0.15, 0.2) is 0 Å². The van der Waals surface area contributed by atoms with Crippen LogP contribution >= 0.6 is 17.0 Å². The van der Waals surface area contributed by atoms with Crippen molar-refractivity contribution < 1.29 is 143 Å². The van der Waals surface area contributed by atoms with E-state index >= 15 is 0 Å². The third-order valence-electron chi connectivity index (χ3n) is 18.3. The largest absolute Gasteiger partial charge is 0.394 e. The van der Waals surface area contributed by atoms with Crippen molar-refractivity contribution in [3.63, 3.8) is 0 Å². The first-order valence-electron chi connectivity index (χ1n) is 39.7. The zero-order valence-electron chi connectivity index (χ0n) is 75.0. The van der Waals surface area contributed by atoms with E-state index in [9.17, 15) is 15.3 Å². The van der Waals surface area contributed by atoms with Crippen molar-refractivity contribution in [2.45, 2.75) is 320 Å². The van der Waals surface area contributed by atoms with E-state index in [1.807, 2.05) is 150 Å². The molecule has 0 spiro atoms. The Balaban J connectivity index is 0.000000706. The van der Waals surface area contributed by atoms with E-state index in [0.717, 1.165) is 12.8 Å². The summed E-state index contributed by atoms with van der Waals surface area (Å²) in [6.45, 7) is 36.2. The zero-order chi connectivity index (χ0) is 89.4. The molecule has 7 aliphatic rings. The fourth-order valence-electron chi connectivity index (χ4n) is 11.7. The van der Waals surface area contributed by atoms with E-state index in [2.05, 4.69) is 40.5 Å². The van der Waals surface area contributed by atoms with Crippen LogP contribution in [-0.4, -0.2) is 342 Å². The van der Waals surface area contributed by atoms with E-state index < -0.39 is 69.9 Å². The van der Waals surface area contributed by atoms with Crippen molar-refractivity contribution in [1.82, 2.24) is 14.0 Å². The first kappa shape index (κ1) is 113. The number of nitriles is 5. The molecule has 0 radical (unpaired) electrons. The van der Waals surface area contributed by atoms with Crippen LogP contribution in [0.5, 0.6) is 0 Å². The highest BCUT2D eigenvalue weighted by molar-refractivity contribution is 7.47. The zero-order valence-corrected chi connectivity index (χ0v) is 76.8. The number of fused-ring (bicyclic) bond motifs is 2. The van der Waals surface area contributed by atoms with E-state index in [1.165, 1.54) is 0 Å². The quantitative estimate of drug-likeness (QED) is 0.0254. The van der Waals surface area contributed by atoms with Gasteiger partial charge >= 0.3 is 0 Å². The van der Waals surface area contributed by atoms with Crippen LogP contribution < -0.4 is 0 Å². The topological polar surface area (TPSA) is 450 Å². The van der Waals surface area contributed by atoms with Crippen LogP contribution in [0.1, 0.15) is 170 Å². The highest BCUT2D eigenvalue weighted by atomic mass is 31.2. The lowest BCUT2D eigenvalue weighted by molar-refractivity contribution is -0.216. The van der Waals surface area contributed by atoms with E-state index in [-0.39, 0.29) is 185 Å². The number of hydrogen-bond acceptors (Lipinski definition) is 38. The summed E-state index contributed by atoms with van der Waals surface area (Å²) >= 11 is 0. The van der Waals surface area contributed by atoms with Gasteiger partial charge in [-0.1, -0.05) is 13.8 Å². The number of rotatable bonds is 43. The molecule has 0 aromatic heterocycles. The van der Waals surface area contributed by atoms with Gasteiger partial charge < -0.3 is 143 Å². The maximum absolute atomic E-state index is 10.0. The number of ether oxygens (including phenoxy) is 23. The monoisotopic (exact) mass is 1740 g/mol. The van der Waals surface area contributed by atoms with Crippen molar-refractivity contribution in [2.75, 3.05) is 158 Å². The van der Waals surface area contributed by atoms with Crippen LogP contribution in [0.2, 0.25) is 0 Å². The van der Waals surface area contributed by atoms with Crippen LogP contribution in [-0.2, 0) is 123 Å². The van der Waals surface area contributed by atoms with Crippen LogP contribution in [0.25, 0.3) is 0 Å². The number of hydrogen-bond donors (Lipinski definition) is 4. The summed E-state index contributed by atoms with van der Waals surface area (Å²) in [6.07, 6.45) is -2.58. The van der Waals surface area contributed by atoms with Crippen LogP contribution in [0, 0.1) is 56.7 Å². The first-order valence-corrected chi connectivity index (χ1v) is 42.0. The van der Waals surface area contributed by atoms with Gasteiger partial charge in [-0.25, -0.2) is 4.67 Å². The molecule has 0 bridgehead atoms. The first-order chi connectivity index (χ1) is 55.6. The Bertz CT molecular complexity index is 2750. The van der Waals surface area contributed by atoms with E-state index in [0.29, 0.717) is 45.5 Å². The molecule has 0 aromatic rings. The summed E-state index contributed by atoms with van der Waals surface area (Å²) in [5, 5.41) is 81.3. The minimum Gasteiger partial charge on any atom is -0.394 e. The molecule has 40 heteroatoms. The van der Waals surface area contributed by atoms with Crippen molar-refractivity contribution in [3.05, 3.63) is 0 Å². The van der Waals surface area contributed by atoms with Gasteiger partial charge in [0.2, 0.25) is 0 Å². The fraction of sp³-hybridized carbons (Fsp3) is 0.936. The molecule has 7 heterocycles. The molecule has 38 nitrogen and oxygen atoms in total. The molecule has 0 aromatic carbocycles. The molecule has 7 aliphatic heterocycles. The molecule has 21 atom stereocenters. The second kappa shape index (κ2) is 60.6. The molecule has 7 rings (SSSR count). The summed E-state index contributed by atoms with van der Waals surface area (Å²) in [5.41, 5.74) is -2.56. The van der Waals surface area contributed by atoms with Crippen molar-refractivity contribution in [2.24, 2.45) is 0 Å². The Morgan fingerprint density at radius 3 is 1.04 bits per heavy atom. The Labute approximate surface area is 705 Å². The maximum atomic E-state index is 10.0. The van der Waals surface area contributed by atoms with E-state index in [4.69, 9.17) is 154 Å². The fourth-order valence-corrected chi connectivity index (χ4v) is 14.2. The average molecular weight is 1740 g/mol. The summed E-state index contributed by atoms with van der Waals surface area (Å²) in [7, 11) is 13.5. The smallest absolute Gasteiger partial charge is 0.258 e. The van der Waals surface area contributed by atoms with Gasteiger partial charge in [-0.15, -0.1) is 0 Å². The Morgan fingerprint density at radius 1 is 0.390 bits per heavy atom. The van der Waals surface area contributed by atoms with Crippen molar-refractivity contribution >= 4 is 17.0 Å². The van der Waals surface area contributed by atoms with Gasteiger partial charge in [0.05, 0.1) is 153 Å². The molecule has 0 aliphatic carbocycles. The standard InChI is InChI=1S/C17H33N2O6P.C14H23NO6.C14H25NO5.C13H23NO6.C8H15NO2.C7H12O4.C5H15N2OP/c1-8-14-16(25-26(20-7)19(5)6)15(13(2)24-14)22-11-21-12-23-17(3,4)9-10-18;1-10-12(13-11(21-10)6-16-7-19-13)18-8-17-9-20-14(2,3)4-5-15;1-5-11-12(16)13(10(2)20-11)18-8-17-9-19-14(3,4)6-7-15;1-9-12(11(16)10(6-15)20-9)18-7-17-8-19-13(2,3)4-5-14;1-4-10-7-11-8(2,3)5-6-9;1-4-6(8)7-5(11-4)2-9-3-10-7;1-6(2)9(8-5)7(3)4/h13-16H,8-9,11-12H2,1-7H3;10-13H,4,6-9H2,1-3H3;10-13,16H,5-6,8-9H2,1-4H3;9-12,15-16H,4,6-8H2,1-3H3;4-5,7H2,1-3H3;4-8H,2-3H2,1H3;1-5H3/t13?,14?,15?,16-,26?;10?,11?,12?,13-;10?,11?,12-,13?;9?,10?,11-,12?;;4?,5?,6?,7-;/m0000.0./s1. The van der Waals surface area contributed by atoms with Crippen LogP contribution in [0.4, 0.5) is 0 Å². The molecule has 0 saturated carbocycles. The lowest BCUT2D eigenvalue weighted by Gasteiger charge is -2.29. The number of nitrogens with zero attached hydrogens (tertiary/aromatic N) is 8. The molecular weight excluding hydrogens is 1590 g/mol. The minimum absolute atomic E-state index is 0.00381. The lowest BCUT2D eigenvalue weighted by Crippen LogP contribution is -2.43. The van der Waals surface area contributed by atoms with Gasteiger partial charge in [0.1, 0.15) is 154 Å². The molecule has 4 N–H and O–H groups in total. The SMILES string of the molecule is CC1OC(CO)[C@H](O)C1OCOCOC(C)(C)CC#N.CC1OC2COCO[C@@H]2C1O.CC1OC2COCO[C@@H]2C1OCOCOC(C)(C)CC#N.CCC1OC(C)C(OCOCOC(C)(C)CC#N)[C@H]1O.CCC1OC(C)C(OCOCOC(C)(C)CC#N)[C@H]1OP(OC)N(C)C.CCOCOC(C)(C)CC#N.COP(N(C)C)N(C)C. The summed E-state index contributed by atoms with van der Waals surface area (Å²) in [4.78, 5) is 0. The highest BCUT2D eigenvalue weighted by Crippen LogP contribution is 2.45. The predicted molar refractivity (Wildman–Crippen MR) is 429 cm³/mol. The van der Waals surface area contributed by atoms with Gasteiger partial charge in [-0.2, -0.15) is 26.3 Å². The normalized spacial score (nSPS) is 28.9. The Kier molecular flexibility index (Phi) is 58.0. The highest BCUT2D eigenvalue weighted by Gasteiger charge is 2.49. The Morgan fingerprint density at radius 2 is 0.720 bits per heavy atom. The summed E-state index contributed by atoms with van der Waals surface area (Å²) < 4.78 is 147. The maximum Gasteiger partial charge on any atom is 0.258 e.